The monoisotopic (exact) mass is 354 g/mol. The molecule has 1 aromatic heterocycles. The number of nitrogens with one attached hydrogen (secondary N) is 1. The van der Waals surface area contributed by atoms with Gasteiger partial charge in [0.15, 0.2) is 0 Å². The number of rotatable bonds is 7. The zero-order valence-corrected chi connectivity index (χ0v) is 15.2. The van der Waals surface area contributed by atoms with Gasteiger partial charge in [-0.3, -0.25) is 14.6 Å². The smallest absolute Gasteiger partial charge is 0.234 e. The van der Waals surface area contributed by atoms with Crippen molar-refractivity contribution in [1.29, 1.82) is 0 Å². The van der Waals surface area contributed by atoms with E-state index in [4.69, 9.17) is 4.74 Å². The van der Waals surface area contributed by atoms with E-state index in [2.05, 4.69) is 44.4 Å². The van der Waals surface area contributed by atoms with Gasteiger partial charge in [0.05, 0.1) is 13.7 Å². The number of amides is 1. The zero-order valence-electron chi connectivity index (χ0n) is 15.2. The molecule has 3 rings (SSSR count). The first kappa shape index (κ1) is 18.4. The lowest BCUT2D eigenvalue weighted by Crippen LogP contribution is -2.49. The van der Waals surface area contributed by atoms with Crippen molar-refractivity contribution in [2.75, 3.05) is 39.8 Å². The Morgan fingerprint density at radius 2 is 1.81 bits per heavy atom. The molecule has 0 radical (unpaired) electrons. The molecule has 1 aliphatic heterocycles. The summed E-state index contributed by atoms with van der Waals surface area (Å²) < 4.78 is 5.21. The Bertz CT molecular complexity index is 700. The van der Waals surface area contributed by atoms with Crippen LogP contribution < -0.4 is 10.1 Å². The van der Waals surface area contributed by atoms with Crippen LogP contribution in [0, 0.1) is 0 Å². The summed E-state index contributed by atoms with van der Waals surface area (Å²) in [6, 6.07) is 14.3. The van der Waals surface area contributed by atoms with Gasteiger partial charge in [0.1, 0.15) is 0 Å². The molecule has 1 aromatic carbocycles. The molecule has 1 saturated heterocycles. The fourth-order valence-electron chi connectivity index (χ4n) is 3.14. The van der Waals surface area contributed by atoms with Crippen LogP contribution in [0.2, 0.25) is 0 Å². The van der Waals surface area contributed by atoms with Crippen LogP contribution in [0.15, 0.2) is 48.7 Å². The van der Waals surface area contributed by atoms with E-state index in [0.717, 1.165) is 38.3 Å². The highest BCUT2D eigenvalue weighted by molar-refractivity contribution is 5.78. The highest BCUT2D eigenvalue weighted by Gasteiger charge is 2.19. The molecule has 0 saturated carbocycles. The number of benzene rings is 1. The number of carbonyl (C=O) groups excluding carboxylic acids is 1. The number of hydrogen-bond donors (Lipinski definition) is 1. The molecule has 1 amide bonds. The minimum atomic E-state index is 0.0346. The third-order valence-corrected chi connectivity index (χ3v) is 4.60. The first-order chi connectivity index (χ1) is 12.7. The normalized spacial score (nSPS) is 15.6. The number of hydrogen-bond acceptors (Lipinski definition) is 5. The summed E-state index contributed by atoms with van der Waals surface area (Å²) >= 11 is 0. The number of ether oxygens (including phenoxy) is 1. The number of aromatic nitrogens is 1. The van der Waals surface area contributed by atoms with E-state index < -0.39 is 0 Å². The second kappa shape index (κ2) is 9.31. The molecule has 2 aromatic rings. The average molecular weight is 354 g/mol. The first-order valence-electron chi connectivity index (χ1n) is 8.98. The van der Waals surface area contributed by atoms with Gasteiger partial charge in [-0.1, -0.05) is 36.4 Å². The molecule has 0 unspecified atom stereocenters. The Kier molecular flexibility index (Phi) is 6.57. The van der Waals surface area contributed by atoms with Gasteiger partial charge in [-0.2, -0.15) is 0 Å². The van der Waals surface area contributed by atoms with Crippen LogP contribution in [0.3, 0.4) is 0 Å². The maximum Gasteiger partial charge on any atom is 0.234 e. The maximum absolute atomic E-state index is 12.2. The molecule has 0 spiro atoms. The van der Waals surface area contributed by atoms with Crippen LogP contribution in [0.4, 0.5) is 0 Å². The first-order valence-corrected chi connectivity index (χ1v) is 8.98. The molecular formula is C20H26N4O2. The number of nitrogens with zero attached hydrogens (tertiary/aromatic N) is 3. The van der Waals surface area contributed by atoms with E-state index >= 15 is 0 Å². The van der Waals surface area contributed by atoms with Gasteiger partial charge in [0.25, 0.3) is 0 Å². The van der Waals surface area contributed by atoms with Gasteiger partial charge in [0, 0.05) is 51.0 Å². The van der Waals surface area contributed by atoms with Crippen molar-refractivity contribution in [2.24, 2.45) is 0 Å². The molecule has 2 heterocycles. The van der Waals surface area contributed by atoms with Gasteiger partial charge in [-0.15, -0.1) is 0 Å². The summed E-state index contributed by atoms with van der Waals surface area (Å²) in [5.41, 5.74) is 2.22. The molecule has 0 bridgehead atoms. The summed E-state index contributed by atoms with van der Waals surface area (Å²) in [5.74, 6) is 0.592. The van der Waals surface area contributed by atoms with Crippen LogP contribution in [0.25, 0.3) is 0 Å². The van der Waals surface area contributed by atoms with Crippen molar-refractivity contribution in [1.82, 2.24) is 20.1 Å². The molecule has 138 valence electrons. The minimum Gasteiger partial charge on any atom is -0.481 e. The Balaban J connectivity index is 1.39. The van der Waals surface area contributed by atoms with Crippen LogP contribution in [0.1, 0.15) is 11.1 Å². The minimum absolute atomic E-state index is 0.0346. The topological polar surface area (TPSA) is 57.7 Å². The molecule has 6 heteroatoms. The second-order valence-corrected chi connectivity index (χ2v) is 6.49. The predicted octanol–water partition coefficient (Wildman–Crippen LogP) is 1.52. The van der Waals surface area contributed by atoms with Crippen LogP contribution in [-0.2, 0) is 17.9 Å². The highest BCUT2D eigenvalue weighted by atomic mass is 16.5. The molecule has 0 atom stereocenters. The lowest BCUT2D eigenvalue weighted by atomic mass is 10.2. The number of pyridine rings is 1. The molecule has 6 nitrogen and oxygen atoms in total. The summed E-state index contributed by atoms with van der Waals surface area (Å²) in [6.45, 7) is 5.64. The third kappa shape index (κ3) is 5.28. The largest absolute Gasteiger partial charge is 0.481 e. The van der Waals surface area contributed by atoms with Crippen LogP contribution >= 0.6 is 0 Å². The number of piperazine rings is 1. The summed E-state index contributed by atoms with van der Waals surface area (Å²) in [6.07, 6.45) is 1.68. The van der Waals surface area contributed by atoms with Crippen LogP contribution in [0.5, 0.6) is 5.88 Å². The second-order valence-electron chi connectivity index (χ2n) is 6.49. The maximum atomic E-state index is 12.2. The molecule has 1 fully saturated rings. The van der Waals surface area contributed by atoms with E-state index in [9.17, 15) is 4.79 Å². The van der Waals surface area contributed by atoms with Crippen molar-refractivity contribution in [3.63, 3.8) is 0 Å². The Hall–Kier alpha value is -2.44. The van der Waals surface area contributed by atoms with Crippen molar-refractivity contribution in [3.8, 4) is 5.88 Å². The SMILES string of the molecule is COc1ncccc1CNC(=O)CN1CCN(Cc2ccccc2)CC1. The lowest BCUT2D eigenvalue weighted by Gasteiger charge is -2.34. The zero-order chi connectivity index (χ0) is 18.2. The Labute approximate surface area is 154 Å². The van der Waals surface area contributed by atoms with Crippen molar-refractivity contribution >= 4 is 5.91 Å². The fraction of sp³-hybridized carbons (Fsp3) is 0.400. The van der Waals surface area contributed by atoms with Gasteiger partial charge < -0.3 is 10.1 Å². The van der Waals surface area contributed by atoms with Gasteiger partial charge >= 0.3 is 0 Å². The fourth-order valence-corrected chi connectivity index (χ4v) is 3.14. The molecule has 0 aliphatic carbocycles. The van der Waals surface area contributed by atoms with E-state index in [1.807, 2.05) is 18.2 Å². The average Bonchev–Trinajstić information content (AvgIpc) is 2.69. The van der Waals surface area contributed by atoms with E-state index in [0.29, 0.717) is 19.0 Å². The molecular weight excluding hydrogens is 328 g/mol. The van der Waals surface area contributed by atoms with E-state index in [1.54, 1.807) is 13.3 Å². The van der Waals surface area contributed by atoms with Gasteiger partial charge in [-0.25, -0.2) is 4.98 Å². The third-order valence-electron chi connectivity index (χ3n) is 4.60. The Morgan fingerprint density at radius 1 is 1.08 bits per heavy atom. The van der Waals surface area contributed by atoms with E-state index in [-0.39, 0.29) is 5.91 Å². The summed E-state index contributed by atoms with van der Waals surface area (Å²) in [5, 5.41) is 2.96. The number of methoxy groups -OCH3 is 1. The number of carbonyl (C=O) groups is 1. The van der Waals surface area contributed by atoms with Crippen LogP contribution in [-0.4, -0.2) is 60.5 Å². The quantitative estimate of drug-likeness (QED) is 0.817. The highest BCUT2D eigenvalue weighted by Crippen LogP contribution is 2.13. The predicted molar refractivity (Wildman–Crippen MR) is 101 cm³/mol. The van der Waals surface area contributed by atoms with Crippen molar-refractivity contribution in [3.05, 3.63) is 59.8 Å². The van der Waals surface area contributed by atoms with Crippen molar-refractivity contribution in [2.45, 2.75) is 13.1 Å². The van der Waals surface area contributed by atoms with Crippen molar-refractivity contribution < 1.29 is 9.53 Å². The summed E-state index contributed by atoms with van der Waals surface area (Å²) in [4.78, 5) is 21.0. The Morgan fingerprint density at radius 3 is 2.54 bits per heavy atom. The summed E-state index contributed by atoms with van der Waals surface area (Å²) in [7, 11) is 1.59. The standard InChI is InChI=1S/C20H26N4O2/c1-26-20-18(8-5-9-21-20)14-22-19(25)16-24-12-10-23(11-13-24)15-17-6-3-2-4-7-17/h2-9H,10-16H2,1H3,(H,22,25). The van der Waals surface area contributed by atoms with Gasteiger partial charge in [0.2, 0.25) is 11.8 Å². The molecule has 1 aliphatic rings. The lowest BCUT2D eigenvalue weighted by molar-refractivity contribution is -0.122. The van der Waals surface area contributed by atoms with E-state index in [1.165, 1.54) is 5.56 Å². The molecule has 26 heavy (non-hydrogen) atoms. The van der Waals surface area contributed by atoms with Gasteiger partial charge in [-0.05, 0) is 11.6 Å². The molecule has 1 N–H and O–H groups in total.